The lowest BCUT2D eigenvalue weighted by molar-refractivity contribution is 0.163. The van der Waals surface area contributed by atoms with Gasteiger partial charge in [-0.25, -0.2) is 0 Å². The molecule has 0 aromatic carbocycles. The van der Waals surface area contributed by atoms with Gasteiger partial charge in [0.15, 0.2) is 0 Å². The molecule has 1 aromatic rings. The highest BCUT2D eigenvalue weighted by Crippen LogP contribution is 2.35. The van der Waals surface area contributed by atoms with Gasteiger partial charge in [0.05, 0.1) is 6.54 Å². The van der Waals surface area contributed by atoms with E-state index in [1.165, 1.54) is 25.7 Å². The lowest BCUT2D eigenvalue weighted by atomic mass is 9.73. The Balaban J connectivity index is 1.88. The Morgan fingerprint density at radius 1 is 1.35 bits per heavy atom. The van der Waals surface area contributed by atoms with Crippen LogP contribution in [0.3, 0.4) is 0 Å². The maximum Gasteiger partial charge on any atom is 0.129 e. The first kappa shape index (κ1) is 12.7. The molecule has 0 aliphatic heterocycles. The first-order chi connectivity index (χ1) is 8.12. The molecule has 0 bridgehead atoms. The molecule has 96 valence electrons. The van der Waals surface area contributed by atoms with Crippen LogP contribution in [0.25, 0.3) is 0 Å². The van der Waals surface area contributed by atoms with E-state index in [0.29, 0.717) is 17.2 Å². The van der Waals surface area contributed by atoms with E-state index in [1.807, 2.05) is 12.1 Å². The highest BCUT2D eigenvalue weighted by Gasteiger charge is 2.31. The maximum atomic E-state index is 8.94. The normalized spacial score (nSPS) is 23.8. The topological polar surface area (TPSA) is 45.4 Å². The molecule has 2 rings (SSSR count). The third-order valence-corrected chi connectivity index (χ3v) is 3.90. The summed E-state index contributed by atoms with van der Waals surface area (Å²) in [6, 6.07) is 4.34. The molecule has 17 heavy (non-hydrogen) atoms. The summed E-state index contributed by atoms with van der Waals surface area (Å²) in [7, 11) is 0. The van der Waals surface area contributed by atoms with Gasteiger partial charge in [-0.05, 0) is 30.4 Å². The monoisotopic (exact) mass is 237 g/mol. The van der Waals surface area contributed by atoms with Gasteiger partial charge in [0.2, 0.25) is 0 Å². The van der Waals surface area contributed by atoms with Crippen molar-refractivity contribution < 1.29 is 9.52 Å². The molecule has 1 saturated carbocycles. The van der Waals surface area contributed by atoms with Crippen LogP contribution in [0, 0.1) is 5.41 Å². The summed E-state index contributed by atoms with van der Waals surface area (Å²) < 4.78 is 5.48. The molecule has 1 aromatic heterocycles. The van der Waals surface area contributed by atoms with Crippen LogP contribution < -0.4 is 5.32 Å². The Bertz CT molecular complexity index is 357. The average molecular weight is 237 g/mol. The molecule has 1 aliphatic carbocycles. The van der Waals surface area contributed by atoms with Crippen molar-refractivity contribution in [1.82, 2.24) is 5.32 Å². The number of hydrogen-bond donors (Lipinski definition) is 2. The van der Waals surface area contributed by atoms with Gasteiger partial charge in [-0.3, -0.25) is 0 Å². The predicted molar refractivity (Wildman–Crippen MR) is 67.5 cm³/mol. The van der Waals surface area contributed by atoms with E-state index < -0.39 is 0 Å². The zero-order valence-corrected chi connectivity index (χ0v) is 10.8. The molecule has 3 nitrogen and oxygen atoms in total. The summed E-state index contributed by atoms with van der Waals surface area (Å²) in [4.78, 5) is 0. The van der Waals surface area contributed by atoms with Gasteiger partial charge in [0.25, 0.3) is 0 Å². The number of aliphatic hydroxyl groups is 1. The van der Waals surface area contributed by atoms with Crippen molar-refractivity contribution in [3.8, 4) is 0 Å². The SMILES string of the molecule is CC1(C)CCCCC1NCc1ccc(CO)o1. The van der Waals surface area contributed by atoms with Gasteiger partial charge >= 0.3 is 0 Å². The predicted octanol–water partition coefficient (Wildman–Crippen LogP) is 2.83. The van der Waals surface area contributed by atoms with Gasteiger partial charge in [0.1, 0.15) is 18.1 Å². The Morgan fingerprint density at radius 3 is 2.76 bits per heavy atom. The fraction of sp³-hybridized carbons (Fsp3) is 0.714. The molecular weight excluding hydrogens is 214 g/mol. The molecule has 0 radical (unpaired) electrons. The van der Waals surface area contributed by atoms with Crippen molar-refractivity contribution in [1.29, 1.82) is 0 Å². The first-order valence-electron chi connectivity index (χ1n) is 6.53. The van der Waals surface area contributed by atoms with E-state index in [-0.39, 0.29) is 6.61 Å². The van der Waals surface area contributed by atoms with Crippen LogP contribution in [-0.4, -0.2) is 11.1 Å². The number of aliphatic hydroxyl groups excluding tert-OH is 1. The van der Waals surface area contributed by atoms with Crippen molar-refractivity contribution >= 4 is 0 Å². The average Bonchev–Trinajstić information content (AvgIpc) is 2.75. The van der Waals surface area contributed by atoms with Crippen LogP contribution in [0.1, 0.15) is 51.1 Å². The number of furan rings is 1. The third kappa shape index (κ3) is 3.11. The molecule has 0 saturated heterocycles. The summed E-state index contributed by atoms with van der Waals surface area (Å²) in [6.07, 6.45) is 5.22. The second-order valence-corrected chi connectivity index (χ2v) is 5.69. The Morgan fingerprint density at radius 2 is 2.12 bits per heavy atom. The molecule has 3 heteroatoms. The van der Waals surface area contributed by atoms with Crippen molar-refractivity contribution in [3.05, 3.63) is 23.7 Å². The zero-order chi connectivity index (χ0) is 12.3. The van der Waals surface area contributed by atoms with Crippen LogP contribution in [0.15, 0.2) is 16.5 Å². The number of nitrogens with one attached hydrogen (secondary N) is 1. The smallest absolute Gasteiger partial charge is 0.129 e. The fourth-order valence-corrected chi connectivity index (χ4v) is 2.70. The Kier molecular flexibility index (Phi) is 3.89. The second kappa shape index (κ2) is 5.23. The molecule has 1 atom stereocenters. The molecule has 1 heterocycles. The quantitative estimate of drug-likeness (QED) is 0.846. The summed E-state index contributed by atoms with van der Waals surface area (Å²) in [6.45, 7) is 5.42. The van der Waals surface area contributed by atoms with E-state index in [4.69, 9.17) is 9.52 Å². The minimum absolute atomic E-state index is 0.0189. The minimum atomic E-state index is -0.0189. The lowest BCUT2D eigenvalue weighted by Gasteiger charge is -2.39. The first-order valence-corrected chi connectivity index (χ1v) is 6.53. The van der Waals surface area contributed by atoms with Crippen LogP contribution >= 0.6 is 0 Å². The molecule has 2 N–H and O–H groups in total. The highest BCUT2D eigenvalue weighted by atomic mass is 16.4. The van der Waals surface area contributed by atoms with Crippen molar-refractivity contribution in [2.24, 2.45) is 5.41 Å². The Hall–Kier alpha value is -0.800. The van der Waals surface area contributed by atoms with Crippen LogP contribution in [-0.2, 0) is 13.2 Å². The van der Waals surface area contributed by atoms with E-state index in [1.54, 1.807) is 0 Å². The van der Waals surface area contributed by atoms with Crippen molar-refractivity contribution in [2.75, 3.05) is 0 Å². The van der Waals surface area contributed by atoms with Crippen LogP contribution in [0.5, 0.6) is 0 Å². The minimum Gasteiger partial charge on any atom is -0.462 e. The molecule has 0 spiro atoms. The standard InChI is InChI=1S/C14H23NO2/c1-14(2)8-4-3-5-13(14)15-9-11-6-7-12(10-16)17-11/h6-7,13,15-16H,3-5,8-10H2,1-2H3. The van der Waals surface area contributed by atoms with E-state index >= 15 is 0 Å². The molecule has 1 unspecified atom stereocenters. The molecule has 1 fully saturated rings. The summed E-state index contributed by atoms with van der Waals surface area (Å²) in [5.74, 6) is 1.56. The van der Waals surface area contributed by atoms with Gasteiger partial charge in [-0.15, -0.1) is 0 Å². The number of rotatable bonds is 4. The van der Waals surface area contributed by atoms with Crippen molar-refractivity contribution in [2.45, 2.75) is 58.7 Å². The molecule has 0 amide bonds. The van der Waals surface area contributed by atoms with E-state index in [2.05, 4.69) is 19.2 Å². The summed E-state index contributed by atoms with van der Waals surface area (Å²) in [5, 5.41) is 12.5. The summed E-state index contributed by atoms with van der Waals surface area (Å²) >= 11 is 0. The van der Waals surface area contributed by atoms with Gasteiger partial charge in [-0.1, -0.05) is 26.7 Å². The number of hydrogen-bond acceptors (Lipinski definition) is 3. The molecule has 1 aliphatic rings. The van der Waals surface area contributed by atoms with E-state index in [0.717, 1.165) is 12.3 Å². The Labute approximate surface area is 103 Å². The third-order valence-electron chi connectivity index (χ3n) is 3.90. The maximum absolute atomic E-state index is 8.94. The van der Waals surface area contributed by atoms with Crippen LogP contribution in [0.2, 0.25) is 0 Å². The largest absolute Gasteiger partial charge is 0.462 e. The molecular formula is C14H23NO2. The van der Waals surface area contributed by atoms with Gasteiger partial charge < -0.3 is 14.8 Å². The van der Waals surface area contributed by atoms with E-state index in [9.17, 15) is 0 Å². The van der Waals surface area contributed by atoms with Crippen molar-refractivity contribution in [3.63, 3.8) is 0 Å². The van der Waals surface area contributed by atoms with Crippen LogP contribution in [0.4, 0.5) is 0 Å². The highest BCUT2D eigenvalue weighted by molar-refractivity contribution is 5.06. The van der Waals surface area contributed by atoms with Gasteiger partial charge in [0, 0.05) is 6.04 Å². The zero-order valence-electron chi connectivity index (χ0n) is 10.8. The second-order valence-electron chi connectivity index (χ2n) is 5.69. The lowest BCUT2D eigenvalue weighted by Crippen LogP contribution is -2.43. The van der Waals surface area contributed by atoms with Gasteiger partial charge in [-0.2, -0.15) is 0 Å². The fourth-order valence-electron chi connectivity index (χ4n) is 2.70. The summed E-state index contributed by atoms with van der Waals surface area (Å²) in [5.41, 5.74) is 0.380.